The maximum absolute atomic E-state index is 13.2. The Morgan fingerprint density at radius 3 is 2.54 bits per heavy atom. The van der Waals surface area contributed by atoms with E-state index in [2.05, 4.69) is 25.8 Å². The number of nitro groups is 1. The number of halogens is 1. The molecule has 4 rings (SSSR count). The minimum absolute atomic E-state index is 0.0147. The van der Waals surface area contributed by atoms with Gasteiger partial charge in [-0.3, -0.25) is 20.0 Å². The lowest BCUT2D eigenvalue weighted by Gasteiger charge is -2.09. The topological polar surface area (TPSA) is 135 Å². The van der Waals surface area contributed by atoms with Crippen LogP contribution in [0, 0.1) is 10.1 Å². The molecule has 0 aliphatic rings. The molecule has 0 fully saturated rings. The third-order valence-corrected chi connectivity index (χ3v) is 5.19. The summed E-state index contributed by atoms with van der Waals surface area (Å²) in [5.41, 5.74) is 1.61. The molecule has 0 radical (unpaired) electrons. The van der Waals surface area contributed by atoms with Crippen LogP contribution in [-0.2, 0) is 0 Å². The van der Waals surface area contributed by atoms with Crippen LogP contribution in [0.4, 0.5) is 28.7 Å². The zero-order chi connectivity index (χ0) is 24.8. The molecule has 0 spiro atoms. The number of hydrogen-bond acceptors (Lipinski definition) is 7. The molecule has 1 amide bonds. The van der Waals surface area contributed by atoms with E-state index in [1.165, 1.54) is 18.3 Å². The van der Waals surface area contributed by atoms with Gasteiger partial charge in [-0.1, -0.05) is 35.9 Å². The van der Waals surface area contributed by atoms with Gasteiger partial charge in [-0.05, 0) is 48.0 Å². The summed E-state index contributed by atoms with van der Waals surface area (Å²) in [7, 11) is 1.57. The smallest absolute Gasteiger partial charge is 0.288 e. The summed E-state index contributed by atoms with van der Waals surface area (Å²) in [6, 6.07) is 20.3. The average Bonchev–Trinajstić information content (AvgIpc) is 3.26. The minimum Gasteiger partial charge on any atom is -0.497 e. The van der Waals surface area contributed by atoms with E-state index in [1.54, 1.807) is 61.7 Å². The Morgan fingerprint density at radius 2 is 1.86 bits per heavy atom. The number of aromatic nitrogens is 2. The highest BCUT2D eigenvalue weighted by atomic mass is 35.5. The molecule has 1 heterocycles. The van der Waals surface area contributed by atoms with Gasteiger partial charge in [0.25, 0.3) is 11.6 Å². The first-order valence-corrected chi connectivity index (χ1v) is 10.7. The number of hydrogen-bond donors (Lipinski definition) is 3. The first kappa shape index (κ1) is 23.5. The number of H-pyrrole nitrogens is 1. The van der Waals surface area contributed by atoms with Crippen molar-refractivity contribution in [1.82, 2.24) is 10.2 Å². The molecule has 0 saturated heterocycles. The fourth-order valence-electron chi connectivity index (χ4n) is 3.15. The number of nitro benzene ring substituents is 1. The van der Waals surface area contributed by atoms with Crippen molar-refractivity contribution in [2.45, 2.75) is 0 Å². The van der Waals surface area contributed by atoms with Crippen LogP contribution in [0.2, 0.25) is 5.02 Å². The highest BCUT2D eigenvalue weighted by Gasteiger charge is 2.21. The molecule has 10 nitrogen and oxygen atoms in total. The molecule has 11 heteroatoms. The third-order valence-electron chi connectivity index (χ3n) is 4.87. The van der Waals surface area contributed by atoms with Gasteiger partial charge in [0.05, 0.1) is 12.0 Å². The Balaban J connectivity index is 1.68. The van der Waals surface area contributed by atoms with E-state index < -0.39 is 10.8 Å². The number of rotatable bonds is 8. The second kappa shape index (κ2) is 10.5. The van der Waals surface area contributed by atoms with Crippen LogP contribution in [0.5, 0.6) is 5.75 Å². The first-order valence-electron chi connectivity index (χ1n) is 10.3. The summed E-state index contributed by atoms with van der Waals surface area (Å²) < 4.78 is 5.17. The number of ether oxygens (including phenoxy) is 1. The van der Waals surface area contributed by atoms with Gasteiger partial charge in [0, 0.05) is 23.7 Å². The summed E-state index contributed by atoms with van der Waals surface area (Å²) in [6.45, 7) is 0. The normalized spacial score (nSPS) is 10.8. The molecule has 35 heavy (non-hydrogen) atoms. The number of anilines is 3. The molecule has 4 aromatic rings. The molecular formula is C24H19ClN6O4. The molecule has 0 saturated carbocycles. The van der Waals surface area contributed by atoms with E-state index in [1.807, 2.05) is 6.07 Å². The number of nitrogens with one attached hydrogen (secondary N) is 3. The van der Waals surface area contributed by atoms with Crippen LogP contribution >= 0.6 is 11.6 Å². The zero-order valence-electron chi connectivity index (χ0n) is 18.4. The molecular weight excluding hydrogens is 472 g/mol. The van der Waals surface area contributed by atoms with Gasteiger partial charge >= 0.3 is 0 Å². The van der Waals surface area contributed by atoms with Crippen molar-refractivity contribution in [3.63, 3.8) is 0 Å². The Labute approximate surface area is 204 Å². The van der Waals surface area contributed by atoms with E-state index in [0.29, 0.717) is 28.5 Å². The number of methoxy groups -OCH3 is 1. The Hall–Kier alpha value is -4.70. The van der Waals surface area contributed by atoms with Gasteiger partial charge in [-0.2, -0.15) is 5.10 Å². The molecule has 1 aromatic heterocycles. The van der Waals surface area contributed by atoms with Crippen molar-refractivity contribution in [2.24, 2.45) is 4.99 Å². The first-order chi connectivity index (χ1) is 16.9. The van der Waals surface area contributed by atoms with E-state index in [9.17, 15) is 14.9 Å². The summed E-state index contributed by atoms with van der Waals surface area (Å²) in [4.78, 5) is 28.1. The van der Waals surface area contributed by atoms with Gasteiger partial charge in [-0.25, -0.2) is 4.99 Å². The molecule has 0 bridgehead atoms. The number of aromatic amines is 1. The average molecular weight is 491 g/mol. The maximum Gasteiger partial charge on any atom is 0.288 e. The lowest BCUT2D eigenvalue weighted by atomic mass is 10.2. The van der Waals surface area contributed by atoms with Crippen LogP contribution in [0.15, 0.2) is 77.8 Å². The van der Waals surface area contributed by atoms with Crippen LogP contribution < -0.4 is 15.4 Å². The monoisotopic (exact) mass is 490 g/mol. The van der Waals surface area contributed by atoms with Crippen molar-refractivity contribution in [2.75, 3.05) is 17.7 Å². The SMILES string of the molecule is COc1ccc(Nc2[nH]nc(N=Cc3ccc(Cl)c([N+](=O)[O-])c3)c2C(=O)Nc2ccccc2)cc1. The summed E-state index contributed by atoms with van der Waals surface area (Å²) in [5.74, 6) is 0.643. The summed E-state index contributed by atoms with van der Waals surface area (Å²) in [5, 5.41) is 24.1. The van der Waals surface area contributed by atoms with Crippen LogP contribution in [-0.4, -0.2) is 34.4 Å². The number of amides is 1. The molecule has 0 aliphatic heterocycles. The minimum atomic E-state index is -0.580. The number of carbonyl (C=O) groups is 1. The predicted molar refractivity (Wildman–Crippen MR) is 135 cm³/mol. The molecule has 0 atom stereocenters. The zero-order valence-corrected chi connectivity index (χ0v) is 19.1. The number of nitrogens with zero attached hydrogens (tertiary/aromatic N) is 3. The Morgan fingerprint density at radius 1 is 1.11 bits per heavy atom. The van der Waals surface area contributed by atoms with Gasteiger partial charge in [0.15, 0.2) is 5.82 Å². The highest BCUT2D eigenvalue weighted by Crippen LogP contribution is 2.29. The predicted octanol–water partition coefficient (Wildman–Crippen LogP) is 5.73. The largest absolute Gasteiger partial charge is 0.497 e. The van der Waals surface area contributed by atoms with Gasteiger partial charge in [0.1, 0.15) is 22.2 Å². The van der Waals surface area contributed by atoms with Crippen molar-refractivity contribution in [3.8, 4) is 5.75 Å². The Bertz CT molecular complexity index is 1390. The Kier molecular flexibility index (Phi) is 7.03. The third kappa shape index (κ3) is 5.63. The van der Waals surface area contributed by atoms with Crippen molar-refractivity contribution in [1.29, 1.82) is 0 Å². The maximum atomic E-state index is 13.2. The van der Waals surface area contributed by atoms with Gasteiger partial charge < -0.3 is 15.4 Å². The van der Waals surface area contributed by atoms with Crippen molar-refractivity contribution < 1.29 is 14.5 Å². The van der Waals surface area contributed by atoms with Crippen LogP contribution in [0.3, 0.4) is 0 Å². The van der Waals surface area contributed by atoms with Crippen molar-refractivity contribution >= 4 is 52.4 Å². The highest BCUT2D eigenvalue weighted by molar-refractivity contribution is 6.32. The number of benzene rings is 3. The van der Waals surface area contributed by atoms with E-state index in [-0.39, 0.29) is 22.1 Å². The van der Waals surface area contributed by atoms with E-state index in [4.69, 9.17) is 16.3 Å². The molecule has 0 unspecified atom stereocenters. The fraction of sp³-hybridized carbons (Fsp3) is 0.0417. The van der Waals surface area contributed by atoms with E-state index >= 15 is 0 Å². The van der Waals surface area contributed by atoms with Crippen LogP contribution in [0.25, 0.3) is 0 Å². The van der Waals surface area contributed by atoms with Crippen LogP contribution in [0.1, 0.15) is 15.9 Å². The summed E-state index contributed by atoms with van der Waals surface area (Å²) in [6.07, 6.45) is 1.37. The molecule has 0 aliphatic carbocycles. The number of carbonyl (C=O) groups excluding carboxylic acids is 1. The van der Waals surface area contributed by atoms with Crippen molar-refractivity contribution in [3.05, 3.63) is 99.1 Å². The van der Waals surface area contributed by atoms with E-state index in [0.717, 1.165) is 0 Å². The molecule has 3 aromatic carbocycles. The molecule has 3 N–H and O–H groups in total. The fourth-order valence-corrected chi connectivity index (χ4v) is 3.34. The molecule has 176 valence electrons. The lowest BCUT2D eigenvalue weighted by Crippen LogP contribution is -2.13. The standard InChI is InChI=1S/C24H19ClN6O4/c1-35-18-10-8-17(9-11-18)27-23-21(24(32)28-16-5-3-2-4-6-16)22(29-30-23)26-14-15-7-12-19(25)20(13-15)31(33)34/h2-14H,1H3,(H,28,32)(H2,27,29,30). The number of para-hydroxylation sites is 1. The number of aliphatic imine (C=N–C) groups is 1. The second-order valence-electron chi connectivity index (χ2n) is 7.20. The summed E-state index contributed by atoms with van der Waals surface area (Å²) >= 11 is 5.88. The lowest BCUT2D eigenvalue weighted by molar-refractivity contribution is -0.384. The second-order valence-corrected chi connectivity index (χ2v) is 7.60. The quantitative estimate of drug-likeness (QED) is 0.164. The van der Waals surface area contributed by atoms with Gasteiger partial charge in [0.2, 0.25) is 0 Å². The van der Waals surface area contributed by atoms with Gasteiger partial charge in [-0.15, -0.1) is 0 Å².